The van der Waals surface area contributed by atoms with Crippen LogP contribution < -0.4 is 14.8 Å². The Morgan fingerprint density at radius 2 is 2.04 bits per heavy atom. The zero-order chi connectivity index (χ0) is 17.5. The van der Waals surface area contributed by atoms with Gasteiger partial charge in [0.05, 0.1) is 11.6 Å². The highest BCUT2D eigenvalue weighted by Gasteiger charge is 2.16. The van der Waals surface area contributed by atoms with Gasteiger partial charge in [0, 0.05) is 17.5 Å². The Kier molecular flexibility index (Phi) is 3.49. The van der Waals surface area contributed by atoms with Crippen LogP contribution in [0.5, 0.6) is 11.5 Å². The molecule has 3 aromatic heterocycles. The number of nitrogens with one attached hydrogen (secondary N) is 1. The molecule has 0 unspecified atom stereocenters. The first-order valence-electron chi connectivity index (χ1n) is 8.08. The van der Waals surface area contributed by atoms with Crippen molar-refractivity contribution in [2.75, 3.05) is 12.1 Å². The van der Waals surface area contributed by atoms with Crippen molar-refractivity contribution in [3.63, 3.8) is 0 Å². The Balaban J connectivity index is 1.49. The van der Waals surface area contributed by atoms with E-state index < -0.39 is 0 Å². The van der Waals surface area contributed by atoms with Crippen molar-refractivity contribution in [3.05, 3.63) is 47.0 Å². The number of hydrogen-bond acceptors (Lipinski definition) is 8. The smallest absolute Gasteiger partial charge is 0.231 e. The van der Waals surface area contributed by atoms with Crippen molar-refractivity contribution in [2.45, 2.75) is 13.5 Å². The number of thiophene rings is 1. The van der Waals surface area contributed by atoms with Crippen LogP contribution in [0, 0.1) is 6.92 Å². The maximum Gasteiger partial charge on any atom is 0.231 e. The molecule has 1 aromatic carbocycles. The number of aryl methyl sites for hydroxylation is 1. The molecule has 1 N–H and O–H groups in total. The van der Waals surface area contributed by atoms with Crippen molar-refractivity contribution in [1.82, 2.24) is 15.1 Å². The number of benzene rings is 1. The predicted molar refractivity (Wildman–Crippen MR) is 97.5 cm³/mol. The monoisotopic (exact) mass is 366 g/mol. The highest BCUT2D eigenvalue weighted by molar-refractivity contribution is 7.18. The number of nitrogens with zero attached hydrogens (tertiary/aromatic N) is 3. The molecule has 1 aliphatic heterocycles. The van der Waals surface area contributed by atoms with Crippen LogP contribution in [0.2, 0.25) is 0 Å². The molecule has 0 bridgehead atoms. The molecule has 4 aromatic rings. The quantitative estimate of drug-likeness (QED) is 0.584. The maximum atomic E-state index is 5.44. The Morgan fingerprint density at radius 1 is 1.12 bits per heavy atom. The lowest BCUT2D eigenvalue weighted by Gasteiger charge is -2.09. The van der Waals surface area contributed by atoms with Crippen molar-refractivity contribution in [1.29, 1.82) is 0 Å². The fourth-order valence-electron chi connectivity index (χ4n) is 2.85. The van der Waals surface area contributed by atoms with Gasteiger partial charge in [0.2, 0.25) is 18.4 Å². The molecule has 4 heterocycles. The van der Waals surface area contributed by atoms with Crippen LogP contribution in [-0.2, 0) is 6.54 Å². The lowest BCUT2D eigenvalue weighted by molar-refractivity contribution is 0.174. The van der Waals surface area contributed by atoms with E-state index in [-0.39, 0.29) is 6.79 Å². The molecule has 0 amide bonds. The van der Waals surface area contributed by atoms with Gasteiger partial charge in [-0.05, 0) is 30.7 Å². The van der Waals surface area contributed by atoms with Gasteiger partial charge in [-0.15, -0.1) is 11.3 Å². The van der Waals surface area contributed by atoms with E-state index in [1.54, 1.807) is 23.6 Å². The summed E-state index contributed by atoms with van der Waals surface area (Å²) in [6.45, 7) is 2.93. The summed E-state index contributed by atoms with van der Waals surface area (Å²) in [6.07, 6.45) is 1.59. The summed E-state index contributed by atoms with van der Waals surface area (Å²) in [5.74, 6) is 3.38. The third-order valence-corrected chi connectivity index (χ3v) is 5.02. The molecule has 0 radical (unpaired) electrons. The average molecular weight is 366 g/mol. The minimum absolute atomic E-state index is 0.271. The molecular weight excluding hydrogens is 352 g/mol. The first kappa shape index (κ1) is 15.2. The van der Waals surface area contributed by atoms with E-state index in [4.69, 9.17) is 14.0 Å². The van der Waals surface area contributed by atoms with Gasteiger partial charge in [-0.3, -0.25) is 0 Å². The van der Waals surface area contributed by atoms with Gasteiger partial charge in [0.1, 0.15) is 10.6 Å². The fourth-order valence-corrected chi connectivity index (χ4v) is 3.73. The highest BCUT2D eigenvalue weighted by atomic mass is 32.1. The number of hydrogen-bond donors (Lipinski definition) is 1. The Labute approximate surface area is 152 Å². The predicted octanol–water partition coefficient (Wildman–Crippen LogP) is 4.00. The largest absolute Gasteiger partial charge is 0.454 e. The summed E-state index contributed by atoms with van der Waals surface area (Å²) in [7, 11) is 0. The summed E-state index contributed by atoms with van der Waals surface area (Å²) in [6, 6.07) is 9.75. The zero-order valence-corrected chi connectivity index (χ0v) is 14.7. The minimum atomic E-state index is 0.271. The second-order valence-electron chi connectivity index (χ2n) is 5.89. The van der Waals surface area contributed by atoms with Crippen molar-refractivity contribution in [3.8, 4) is 23.1 Å². The van der Waals surface area contributed by atoms with Crippen molar-refractivity contribution >= 4 is 27.4 Å². The van der Waals surface area contributed by atoms with Crippen LogP contribution in [-0.4, -0.2) is 21.9 Å². The second-order valence-corrected chi connectivity index (χ2v) is 7.12. The van der Waals surface area contributed by atoms with E-state index in [0.29, 0.717) is 18.1 Å². The van der Waals surface area contributed by atoms with E-state index in [1.165, 1.54) is 4.88 Å². The lowest BCUT2D eigenvalue weighted by atomic mass is 10.2. The Bertz CT molecular complexity index is 1090. The standard InChI is InChI=1S/C18H14N4O3S/c1-10-6-12-16(19-8-11-2-3-13-15(7-11)24-9-23-13)21-17(22-18(12)26-10)14-4-5-20-25-14/h2-7H,8-9H2,1H3,(H,19,21,22). The van der Waals surface area contributed by atoms with E-state index in [9.17, 15) is 0 Å². The van der Waals surface area contributed by atoms with E-state index >= 15 is 0 Å². The van der Waals surface area contributed by atoms with E-state index in [2.05, 4.69) is 33.4 Å². The average Bonchev–Trinajstić information content (AvgIpc) is 3.38. The van der Waals surface area contributed by atoms with Gasteiger partial charge in [-0.1, -0.05) is 11.2 Å². The van der Waals surface area contributed by atoms with Crippen LogP contribution in [0.1, 0.15) is 10.4 Å². The number of rotatable bonds is 4. The molecule has 5 rings (SSSR count). The van der Waals surface area contributed by atoms with Gasteiger partial charge in [-0.2, -0.15) is 0 Å². The maximum absolute atomic E-state index is 5.44. The molecule has 7 nitrogen and oxygen atoms in total. The number of ether oxygens (including phenoxy) is 2. The first-order valence-corrected chi connectivity index (χ1v) is 8.89. The van der Waals surface area contributed by atoms with Crippen LogP contribution in [0.3, 0.4) is 0 Å². The van der Waals surface area contributed by atoms with E-state index in [0.717, 1.165) is 33.1 Å². The van der Waals surface area contributed by atoms with Gasteiger partial charge >= 0.3 is 0 Å². The molecule has 0 saturated carbocycles. The summed E-state index contributed by atoms with van der Waals surface area (Å²) >= 11 is 1.63. The van der Waals surface area contributed by atoms with Crippen molar-refractivity contribution in [2.24, 2.45) is 0 Å². The van der Waals surface area contributed by atoms with E-state index in [1.807, 2.05) is 18.2 Å². The van der Waals surface area contributed by atoms with Crippen LogP contribution in [0.25, 0.3) is 21.8 Å². The van der Waals surface area contributed by atoms with Gasteiger partial charge in [-0.25, -0.2) is 9.97 Å². The van der Waals surface area contributed by atoms with Crippen LogP contribution in [0.4, 0.5) is 5.82 Å². The number of aromatic nitrogens is 3. The molecule has 0 saturated heterocycles. The lowest BCUT2D eigenvalue weighted by Crippen LogP contribution is -2.03. The third kappa shape index (κ3) is 2.64. The van der Waals surface area contributed by atoms with Gasteiger partial charge < -0.3 is 19.3 Å². The van der Waals surface area contributed by atoms with Crippen LogP contribution >= 0.6 is 11.3 Å². The molecule has 8 heteroatoms. The molecule has 130 valence electrons. The number of fused-ring (bicyclic) bond motifs is 2. The summed E-state index contributed by atoms with van der Waals surface area (Å²) in [5, 5.41) is 8.15. The second kappa shape index (κ2) is 5.99. The SMILES string of the molecule is Cc1cc2c(NCc3ccc4c(c3)OCO4)nc(-c3ccno3)nc2s1. The third-order valence-electron chi connectivity index (χ3n) is 4.07. The molecular formula is C18H14N4O3S. The zero-order valence-electron chi connectivity index (χ0n) is 13.9. The Hall–Kier alpha value is -3.13. The first-order chi connectivity index (χ1) is 12.8. The molecule has 0 spiro atoms. The summed E-state index contributed by atoms with van der Waals surface area (Å²) in [4.78, 5) is 11.3. The summed E-state index contributed by atoms with van der Waals surface area (Å²) in [5.41, 5.74) is 1.08. The fraction of sp³-hybridized carbons (Fsp3) is 0.167. The number of anilines is 1. The Morgan fingerprint density at radius 3 is 2.92 bits per heavy atom. The normalized spacial score (nSPS) is 12.7. The molecule has 0 aliphatic carbocycles. The molecule has 0 fully saturated rings. The summed E-state index contributed by atoms with van der Waals surface area (Å²) < 4.78 is 16.0. The van der Waals surface area contributed by atoms with Crippen molar-refractivity contribution < 1.29 is 14.0 Å². The topological polar surface area (TPSA) is 82.3 Å². The molecule has 0 atom stereocenters. The molecule has 26 heavy (non-hydrogen) atoms. The van der Waals surface area contributed by atoms with Gasteiger partial charge in [0.15, 0.2) is 11.5 Å². The minimum Gasteiger partial charge on any atom is -0.454 e. The van der Waals surface area contributed by atoms with Crippen LogP contribution in [0.15, 0.2) is 41.1 Å². The highest BCUT2D eigenvalue weighted by Crippen LogP contribution is 2.34. The molecule has 1 aliphatic rings. The van der Waals surface area contributed by atoms with Gasteiger partial charge in [0.25, 0.3) is 0 Å².